The third-order valence-electron chi connectivity index (χ3n) is 5.47. The average molecular weight is 481 g/mol. The number of phenolic OH excluding ortho intramolecular Hbond substituents is 1. The Morgan fingerprint density at radius 2 is 1.91 bits per heavy atom. The van der Waals surface area contributed by atoms with Gasteiger partial charge in [0.05, 0.1) is 0 Å². The maximum absolute atomic E-state index is 13.9. The van der Waals surface area contributed by atoms with Crippen LogP contribution in [0.25, 0.3) is 0 Å². The van der Waals surface area contributed by atoms with Crippen molar-refractivity contribution in [1.82, 2.24) is 5.32 Å². The van der Waals surface area contributed by atoms with Crippen molar-refractivity contribution >= 4 is 28.8 Å². The van der Waals surface area contributed by atoms with E-state index >= 15 is 0 Å². The summed E-state index contributed by atoms with van der Waals surface area (Å²) in [5.74, 6) is 0.729. The summed E-state index contributed by atoms with van der Waals surface area (Å²) >= 11 is 1.39. The van der Waals surface area contributed by atoms with Crippen molar-refractivity contribution in [3.63, 3.8) is 0 Å². The van der Waals surface area contributed by atoms with Gasteiger partial charge in [0.25, 0.3) is 5.91 Å². The van der Waals surface area contributed by atoms with E-state index < -0.39 is 18.1 Å². The number of carbonyl (C=O) groups is 2. The number of anilines is 1. The third kappa shape index (κ3) is 5.34. The fourth-order valence-corrected chi connectivity index (χ4v) is 4.56. The van der Waals surface area contributed by atoms with Crippen LogP contribution < -0.4 is 19.7 Å². The van der Waals surface area contributed by atoms with Gasteiger partial charge in [0.1, 0.15) is 18.4 Å². The van der Waals surface area contributed by atoms with E-state index in [2.05, 4.69) is 19.2 Å². The van der Waals surface area contributed by atoms with Gasteiger partial charge in [-0.2, -0.15) is 0 Å². The maximum atomic E-state index is 13.9. The number of hydrogen-bond acceptors (Lipinski definition) is 6. The SMILES string of the molecule is CC(C)CCNC(=O)C(c1cccs1)N(C(=O)C1COc2ccccc2O1)c1cccc(O)c1. The van der Waals surface area contributed by atoms with Gasteiger partial charge in [-0.25, -0.2) is 0 Å². The van der Waals surface area contributed by atoms with Crippen LogP contribution in [0, 0.1) is 5.92 Å². The fourth-order valence-electron chi connectivity index (χ4n) is 3.74. The molecule has 0 radical (unpaired) electrons. The topological polar surface area (TPSA) is 88.1 Å². The number of amides is 2. The van der Waals surface area contributed by atoms with Gasteiger partial charge in [-0.1, -0.05) is 38.1 Å². The van der Waals surface area contributed by atoms with Crippen LogP contribution in [-0.4, -0.2) is 36.2 Å². The van der Waals surface area contributed by atoms with Gasteiger partial charge < -0.3 is 19.9 Å². The van der Waals surface area contributed by atoms with Crippen LogP contribution in [0.4, 0.5) is 5.69 Å². The third-order valence-corrected chi connectivity index (χ3v) is 6.39. The lowest BCUT2D eigenvalue weighted by Crippen LogP contribution is -2.51. The number of para-hydroxylation sites is 2. The van der Waals surface area contributed by atoms with Crippen LogP contribution in [0.3, 0.4) is 0 Å². The highest BCUT2D eigenvalue weighted by atomic mass is 32.1. The number of benzene rings is 2. The van der Waals surface area contributed by atoms with Crippen LogP contribution in [0.1, 0.15) is 31.2 Å². The fraction of sp³-hybridized carbons (Fsp3) is 0.308. The summed E-state index contributed by atoms with van der Waals surface area (Å²) in [5.41, 5.74) is 0.393. The van der Waals surface area contributed by atoms with Crippen molar-refractivity contribution in [1.29, 1.82) is 0 Å². The van der Waals surface area contributed by atoms with Crippen molar-refractivity contribution < 1.29 is 24.2 Å². The van der Waals surface area contributed by atoms with Crippen molar-refractivity contribution in [3.8, 4) is 17.2 Å². The molecule has 2 aromatic carbocycles. The summed E-state index contributed by atoms with van der Waals surface area (Å²) in [5, 5.41) is 15.0. The molecular weight excluding hydrogens is 452 g/mol. The molecule has 0 saturated heterocycles. The van der Waals surface area contributed by atoms with E-state index in [0.29, 0.717) is 34.5 Å². The number of phenols is 1. The van der Waals surface area contributed by atoms with Gasteiger partial charge in [0, 0.05) is 23.2 Å². The second-order valence-electron chi connectivity index (χ2n) is 8.48. The Morgan fingerprint density at radius 1 is 1.12 bits per heavy atom. The van der Waals surface area contributed by atoms with Gasteiger partial charge in [-0.3, -0.25) is 14.5 Å². The number of nitrogens with zero attached hydrogens (tertiary/aromatic N) is 1. The Kier molecular flexibility index (Phi) is 7.37. The van der Waals surface area contributed by atoms with Crippen molar-refractivity contribution in [2.75, 3.05) is 18.1 Å². The number of carbonyl (C=O) groups excluding carboxylic acids is 2. The molecule has 7 nitrogen and oxygen atoms in total. The van der Waals surface area contributed by atoms with E-state index in [0.717, 1.165) is 6.42 Å². The molecule has 1 aliphatic heterocycles. The first-order chi connectivity index (χ1) is 16.4. The van der Waals surface area contributed by atoms with Gasteiger partial charge >= 0.3 is 0 Å². The first-order valence-electron chi connectivity index (χ1n) is 11.3. The first kappa shape index (κ1) is 23.6. The molecule has 178 valence electrons. The van der Waals surface area contributed by atoms with E-state index in [9.17, 15) is 14.7 Å². The zero-order valence-electron chi connectivity index (χ0n) is 19.1. The maximum Gasteiger partial charge on any atom is 0.272 e. The molecule has 0 fully saturated rings. The Labute approximate surface area is 202 Å². The Bertz CT molecular complexity index is 1130. The molecule has 2 atom stereocenters. The number of ether oxygens (including phenoxy) is 2. The molecule has 2 heterocycles. The molecule has 1 aromatic heterocycles. The van der Waals surface area contributed by atoms with Crippen LogP contribution >= 0.6 is 11.3 Å². The molecule has 2 N–H and O–H groups in total. The van der Waals surface area contributed by atoms with Crippen LogP contribution in [0.15, 0.2) is 66.0 Å². The Morgan fingerprint density at radius 3 is 2.62 bits per heavy atom. The molecule has 4 rings (SSSR count). The van der Waals surface area contributed by atoms with Gasteiger partial charge in [-0.15, -0.1) is 11.3 Å². The normalized spacial score (nSPS) is 15.6. The standard InChI is InChI=1S/C26H28N2O5S/c1-17(2)12-13-27-25(30)24(23-11-6-14-34-23)28(18-7-5-8-19(29)15-18)26(31)22-16-32-20-9-3-4-10-21(20)33-22/h3-11,14-15,17,22,24,29H,12-13,16H2,1-2H3,(H,27,30). The van der Waals surface area contributed by atoms with Crippen LogP contribution in [-0.2, 0) is 9.59 Å². The summed E-state index contributed by atoms with van der Waals surface area (Å²) in [6.45, 7) is 4.68. The van der Waals surface area contributed by atoms with Crippen molar-refractivity contribution in [2.45, 2.75) is 32.4 Å². The average Bonchev–Trinajstić information content (AvgIpc) is 3.35. The minimum atomic E-state index is -0.955. The molecule has 1 aliphatic rings. The molecule has 0 spiro atoms. The highest BCUT2D eigenvalue weighted by Gasteiger charge is 2.39. The lowest BCUT2D eigenvalue weighted by atomic mass is 10.1. The van der Waals surface area contributed by atoms with E-state index in [1.807, 2.05) is 23.6 Å². The zero-order chi connectivity index (χ0) is 24.1. The molecule has 0 bridgehead atoms. The highest BCUT2D eigenvalue weighted by molar-refractivity contribution is 7.10. The summed E-state index contributed by atoms with van der Waals surface area (Å²) < 4.78 is 11.7. The van der Waals surface area contributed by atoms with Crippen LogP contribution in [0.2, 0.25) is 0 Å². The molecule has 8 heteroatoms. The number of thiophene rings is 1. The van der Waals surface area contributed by atoms with Crippen molar-refractivity contribution in [2.24, 2.45) is 5.92 Å². The number of fused-ring (bicyclic) bond motifs is 1. The first-order valence-corrected chi connectivity index (χ1v) is 12.1. The smallest absolute Gasteiger partial charge is 0.272 e. The molecule has 3 aromatic rings. The number of hydrogen-bond donors (Lipinski definition) is 2. The van der Waals surface area contributed by atoms with Crippen LogP contribution in [0.5, 0.6) is 17.2 Å². The monoisotopic (exact) mass is 480 g/mol. The summed E-state index contributed by atoms with van der Waals surface area (Å²) in [7, 11) is 0. The molecule has 2 amide bonds. The molecule has 0 saturated carbocycles. The minimum Gasteiger partial charge on any atom is -0.508 e. The predicted octanol–water partition coefficient (Wildman–Crippen LogP) is 4.53. The largest absolute Gasteiger partial charge is 0.508 e. The predicted molar refractivity (Wildman–Crippen MR) is 131 cm³/mol. The number of nitrogens with one attached hydrogen (secondary N) is 1. The lowest BCUT2D eigenvalue weighted by molar-refractivity contribution is -0.131. The molecule has 0 aliphatic carbocycles. The minimum absolute atomic E-state index is 0.00777. The number of aromatic hydroxyl groups is 1. The summed E-state index contributed by atoms with van der Waals surface area (Å²) in [6.07, 6.45) is -0.137. The second-order valence-corrected chi connectivity index (χ2v) is 9.46. The van der Waals surface area contributed by atoms with E-state index in [4.69, 9.17) is 9.47 Å². The van der Waals surface area contributed by atoms with Gasteiger partial charge in [-0.05, 0) is 48.1 Å². The van der Waals surface area contributed by atoms with Gasteiger partial charge in [0.15, 0.2) is 11.5 Å². The van der Waals surface area contributed by atoms with E-state index in [1.54, 1.807) is 30.3 Å². The highest BCUT2D eigenvalue weighted by Crippen LogP contribution is 2.36. The van der Waals surface area contributed by atoms with Gasteiger partial charge in [0.2, 0.25) is 12.0 Å². The Hall–Kier alpha value is -3.52. The summed E-state index contributed by atoms with van der Waals surface area (Å²) in [4.78, 5) is 29.5. The second kappa shape index (κ2) is 10.6. The van der Waals surface area contributed by atoms with E-state index in [-0.39, 0.29) is 18.3 Å². The molecule has 2 unspecified atom stereocenters. The quantitative estimate of drug-likeness (QED) is 0.495. The zero-order valence-corrected chi connectivity index (χ0v) is 20.0. The molecular formula is C26H28N2O5S. The number of rotatable bonds is 8. The lowest BCUT2D eigenvalue weighted by Gasteiger charge is -2.35. The van der Waals surface area contributed by atoms with E-state index in [1.165, 1.54) is 28.4 Å². The molecule has 34 heavy (non-hydrogen) atoms. The van der Waals surface area contributed by atoms with Crippen molar-refractivity contribution in [3.05, 3.63) is 70.9 Å². The Balaban J connectivity index is 1.70. The summed E-state index contributed by atoms with van der Waals surface area (Å²) in [6, 6.07) is 16.2.